The summed E-state index contributed by atoms with van der Waals surface area (Å²) in [6.45, 7) is 1.93. The van der Waals surface area contributed by atoms with Crippen LogP contribution in [0.15, 0.2) is 10.6 Å². The standard InChI is InChI=1S/C11H13N3O2/c1-6-8(5-12-14-6)11-13-9-4-7(15)2-3-10(9)16-11/h5,7,15H,2-4H2,1H3,(H,12,14). The molecule has 3 rings (SSSR count). The second kappa shape index (κ2) is 3.45. The minimum atomic E-state index is -0.282. The van der Waals surface area contributed by atoms with Gasteiger partial charge in [-0.2, -0.15) is 5.10 Å². The molecule has 1 atom stereocenters. The van der Waals surface area contributed by atoms with E-state index in [1.54, 1.807) is 6.20 Å². The van der Waals surface area contributed by atoms with Crippen LogP contribution in [-0.2, 0) is 12.8 Å². The van der Waals surface area contributed by atoms with Crippen molar-refractivity contribution < 1.29 is 9.52 Å². The number of hydrogen-bond acceptors (Lipinski definition) is 4. The van der Waals surface area contributed by atoms with Crippen molar-refractivity contribution in [3.8, 4) is 11.5 Å². The van der Waals surface area contributed by atoms with Crippen LogP contribution in [0.25, 0.3) is 11.5 Å². The molecule has 1 aliphatic rings. The van der Waals surface area contributed by atoms with Gasteiger partial charge in [-0.05, 0) is 13.3 Å². The van der Waals surface area contributed by atoms with Crippen molar-refractivity contribution in [2.24, 2.45) is 0 Å². The lowest BCUT2D eigenvalue weighted by Gasteiger charge is -2.13. The van der Waals surface area contributed by atoms with Gasteiger partial charge in [0, 0.05) is 18.5 Å². The van der Waals surface area contributed by atoms with Gasteiger partial charge in [0.15, 0.2) is 0 Å². The molecule has 0 saturated heterocycles. The van der Waals surface area contributed by atoms with Crippen LogP contribution in [0.3, 0.4) is 0 Å². The zero-order valence-corrected chi connectivity index (χ0v) is 9.03. The molecule has 0 amide bonds. The van der Waals surface area contributed by atoms with Crippen LogP contribution in [0, 0.1) is 6.92 Å². The Hall–Kier alpha value is -1.62. The van der Waals surface area contributed by atoms with E-state index in [9.17, 15) is 5.11 Å². The lowest BCUT2D eigenvalue weighted by atomic mass is 9.99. The number of rotatable bonds is 1. The molecule has 1 unspecified atom stereocenters. The van der Waals surface area contributed by atoms with Crippen molar-refractivity contribution in [2.75, 3.05) is 0 Å². The Bertz CT molecular complexity index is 515. The highest BCUT2D eigenvalue weighted by Crippen LogP contribution is 2.28. The zero-order chi connectivity index (χ0) is 11.1. The highest BCUT2D eigenvalue weighted by Gasteiger charge is 2.23. The second-order valence-electron chi connectivity index (χ2n) is 4.19. The third kappa shape index (κ3) is 1.44. The summed E-state index contributed by atoms with van der Waals surface area (Å²) in [5, 5.41) is 16.4. The summed E-state index contributed by atoms with van der Waals surface area (Å²) >= 11 is 0. The Morgan fingerprint density at radius 3 is 3.19 bits per heavy atom. The second-order valence-corrected chi connectivity index (χ2v) is 4.19. The fourth-order valence-electron chi connectivity index (χ4n) is 2.04. The van der Waals surface area contributed by atoms with Gasteiger partial charge in [-0.25, -0.2) is 4.98 Å². The van der Waals surface area contributed by atoms with E-state index in [1.165, 1.54) is 0 Å². The number of oxazole rings is 1. The summed E-state index contributed by atoms with van der Waals surface area (Å²) in [6, 6.07) is 0. The van der Waals surface area contributed by atoms with E-state index in [0.29, 0.717) is 12.3 Å². The maximum absolute atomic E-state index is 9.55. The molecule has 0 bridgehead atoms. The fraction of sp³-hybridized carbons (Fsp3) is 0.455. The van der Waals surface area contributed by atoms with Gasteiger partial charge < -0.3 is 9.52 Å². The monoisotopic (exact) mass is 219 g/mol. The Morgan fingerprint density at radius 2 is 2.44 bits per heavy atom. The number of hydrogen-bond donors (Lipinski definition) is 2. The van der Waals surface area contributed by atoms with Crippen LogP contribution in [0.4, 0.5) is 0 Å². The van der Waals surface area contributed by atoms with Gasteiger partial charge in [0.05, 0.1) is 23.6 Å². The number of fused-ring (bicyclic) bond motifs is 1. The van der Waals surface area contributed by atoms with Crippen molar-refractivity contribution in [3.05, 3.63) is 23.3 Å². The first-order chi connectivity index (χ1) is 7.74. The highest BCUT2D eigenvalue weighted by molar-refractivity contribution is 5.55. The molecule has 2 heterocycles. The van der Waals surface area contributed by atoms with Gasteiger partial charge in [-0.1, -0.05) is 0 Å². The smallest absolute Gasteiger partial charge is 0.229 e. The molecule has 0 aromatic carbocycles. The van der Waals surface area contributed by atoms with E-state index in [0.717, 1.165) is 35.6 Å². The predicted molar refractivity (Wildman–Crippen MR) is 56.9 cm³/mol. The summed E-state index contributed by atoms with van der Waals surface area (Å²) in [5.41, 5.74) is 2.72. The van der Waals surface area contributed by atoms with Gasteiger partial charge in [-0.15, -0.1) is 0 Å². The van der Waals surface area contributed by atoms with Crippen molar-refractivity contribution in [3.63, 3.8) is 0 Å². The normalized spacial score (nSPS) is 19.8. The van der Waals surface area contributed by atoms with E-state index in [1.807, 2.05) is 6.92 Å². The third-order valence-electron chi connectivity index (χ3n) is 2.97. The molecule has 0 saturated carbocycles. The SMILES string of the molecule is Cc1[nH]ncc1-c1nc2c(o1)CCC(O)C2. The molecule has 2 N–H and O–H groups in total. The number of aliphatic hydroxyl groups is 1. The van der Waals surface area contributed by atoms with Crippen LogP contribution < -0.4 is 0 Å². The van der Waals surface area contributed by atoms with E-state index in [-0.39, 0.29) is 6.10 Å². The number of aromatic amines is 1. The van der Waals surface area contributed by atoms with Crippen LogP contribution in [0.1, 0.15) is 23.6 Å². The third-order valence-corrected chi connectivity index (χ3v) is 2.97. The number of nitrogens with one attached hydrogen (secondary N) is 1. The Kier molecular flexibility index (Phi) is 2.07. The number of aryl methyl sites for hydroxylation is 2. The first-order valence-electron chi connectivity index (χ1n) is 5.41. The van der Waals surface area contributed by atoms with Crippen LogP contribution >= 0.6 is 0 Å². The van der Waals surface area contributed by atoms with E-state index < -0.39 is 0 Å². The molecule has 84 valence electrons. The number of aromatic nitrogens is 3. The van der Waals surface area contributed by atoms with Gasteiger partial charge in [0.1, 0.15) is 5.76 Å². The number of aliphatic hydroxyl groups excluding tert-OH is 1. The number of nitrogens with zero attached hydrogens (tertiary/aromatic N) is 2. The first-order valence-corrected chi connectivity index (χ1v) is 5.41. The molecule has 5 heteroatoms. The fourth-order valence-corrected chi connectivity index (χ4v) is 2.04. The molecule has 0 spiro atoms. The van der Waals surface area contributed by atoms with Crippen molar-refractivity contribution >= 4 is 0 Å². The quantitative estimate of drug-likeness (QED) is 0.756. The molecule has 0 fully saturated rings. The maximum Gasteiger partial charge on any atom is 0.229 e. The van der Waals surface area contributed by atoms with Crippen LogP contribution in [-0.4, -0.2) is 26.4 Å². The van der Waals surface area contributed by atoms with Gasteiger partial charge in [0.25, 0.3) is 0 Å². The highest BCUT2D eigenvalue weighted by atomic mass is 16.4. The van der Waals surface area contributed by atoms with Crippen molar-refractivity contribution in [1.29, 1.82) is 0 Å². The summed E-state index contributed by atoms with van der Waals surface area (Å²) in [5.74, 6) is 1.51. The lowest BCUT2D eigenvalue weighted by Crippen LogP contribution is -2.17. The van der Waals surface area contributed by atoms with E-state index in [2.05, 4.69) is 15.2 Å². The van der Waals surface area contributed by atoms with Gasteiger partial charge >= 0.3 is 0 Å². The van der Waals surface area contributed by atoms with Gasteiger partial charge in [0.2, 0.25) is 5.89 Å². The minimum absolute atomic E-state index is 0.282. The molecular formula is C11H13N3O2. The Morgan fingerprint density at radius 1 is 1.56 bits per heavy atom. The van der Waals surface area contributed by atoms with E-state index in [4.69, 9.17) is 4.42 Å². The molecular weight excluding hydrogens is 206 g/mol. The molecule has 16 heavy (non-hydrogen) atoms. The molecule has 2 aromatic rings. The maximum atomic E-state index is 9.55. The first kappa shape index (κ1) is 9.59. The Balaban J connectivity index is 2.02. The van der Waals surface area contributed by atoms with Crippen LogP contribution in [0.2, 0.25) is 0 Å². The topological polar surface area (TPSA) is 74.9 Å². The van der Waals surface area contributed by atoms with Crippen molar-refractivity contribution in [2.45, 2.75) is 32.3 Å². The molecule has 5 nitrogen and oxygen atoms in total. The summed E-state index contributed by atoms with van der Waals surface area (Å²) < 4.78 is 5.70. The molecule has 2 aromatic heterocycles. The van der Waals surface area contributed by atoms with Gasteiger partial charge in [-0.3, -0.25) is 5.10 Å². The minimum Gasteiger partial charge on any atom is -0.441 e. The molecule has 0 radical (unpaired) electrons. The van der Waals surface area contributed by atoms with E-state index >= 15 is 0 Å². The summed E-state index contributed by atoms with van der Waals surface area (Å²) in [7, 11) is 0. The lowest BCUT2D eigenvalue weighted by molar-refractivity contribution is 0.153. The summed E-state index contributed by atoms with van der Waals surface area (Å²) in [4.78, 5) is 4.42. The number of H-pyrrole nitrogens is 1. The van der Waals surface area contributed by atoms with Crippen molar-refractivity contribution in [1.82, 2.24) is 15.2 Å². The average molecular weight is 219 g/mol. The Labute approximate surface area is 92.5 Å². The molecule has 0 aliphatic heterocycles. The van der Waals surface area contributed by atoms with Crippen LogP contribution in [0.5, 0.6) is 0 Å². The zero-order valence-electron chi connectivity index (χ0n) is 9.03. The average Bonchev–Trinajstić information content (AvgIpc) is 2.82. The largest absolute Gasteiger partial charge is 0.441 e. The predicted octanol–water partition coefficient (Wildman–Crippen LogP) is 1.22. The summed E-state index contributed by atoms with van der Waals surface area (Å²) in [6.07, 6.45) is 3.54. The molecule has 1 aliphatic carbocycles.